The fraction of sp³-hybridized carbons (Fsp3) is 0.680. The van der Waals surface area contributed by atoms with Gasteiger partial charge in [-0.05, 0) is 63.3 Å². The zero-order valence-corrected chi connectivity index (χ0v) is 23.2. The third kappa shape index (κ3) is 5.76. The number of anilines is 1. The SMILES string of the molecule is CCC(=O)N1CCc2cc(Br)cc(S(=O)(=O)N3CCC[C@@H](C(=O)NCCN4CCCC[C@H]4C)C3)c21. The van der Waals surface area contributed by atoms with E-state index in [-0.39, 0.29) is 29.2 Å². The summed E-state index contributed by atoms with van der Waals surface area (Å²) in [7, 11) is -3.87. The Morgan fingerprint density at radius 3 is 2.66 bits per heavy atom. The molecule has 1 aromatic rings. The largest absolute Gasteiger partial charge is 0.355 e. The highest BCUT2D eigenvalue weighted by Gasteiger charge is 2.38. The van der Waals surface area contributed by atoms with Gasteiger partial charge in [0.25, 0.3) is 0 Å². The van der Waals surface area contributed by atoms with Crippen molar-refractivity contribution in [2.45, 2.75) is 69.7 Å². The molecular formula is C25H37BrN4O4S. The molecule has 2 atom stereocenters. The number of hydrogen-bond donors (Lipinski definition) is 1. The summed E-state index contributed by atoms with van der Waals surface area (Å²) in [5, 5.41) is 3.05. The van der Waals surface area contributed by atoms with E-state index in [0.717, 1.165) is 18.7 Å². The van der Waals surface area contributed by atoms with Crippen molar-refractivity contribution >= 4 is 43.5 Å². The Morgan fingerprint density at radius 2 is 1.91 bits per heavy atom. The number of hydrogen-bond acceptors (Lipinski definition) is 5. The quantitative estimate of drug-likeness (QED) is 0.545. The maximum absolute atomic E-state index is 13.8. The van der Waals surface area contributed by atoms with E-state index in [1.165, 1.54) is 23.6 Å². The van der Waals surface area contributed by atoms with Crippen molar-refractivity contribution in [3.63, 3.8) is 0 Å². The van der Waals surface area contributed by atoms with Crippen LogP contribution in [0, 0.1) is 5.92 Å². The summed E-state index contributed by atoms with van der Waals surface area (Å²) < 4.78 is 29.7. The number of amides is 2. The number of carbonyl (C=O) groups excluding carboxylic acids is 2. The van der Waals surface area contributed by atoms with Crippen molar-refractivity contribution in [2.24, 2.45) is 5.92 Å². The third-order valence-electron chi connectivity index (χ3n) is 7.61. The summed E-state index contributed by atoms with van der Waals surface area (Å²) in [6, 6.07) is 4.04. The second-order valence-corrected chi connectivity index (χ2v) is 12.8. The first-order chi connectivity index (χ1) is 16.7. The van der Waals surface area contributed by atoms with Crippen LogP contribution in [0.3, 0.4) is 0 Å². The minimum absolute atomic E-state index is 0.0724. The minimum Gasteiger partial charge on any atom is -0.355 e. The van der Waals surface area contributed by atoms with Crippen LogP contribution in [-0.4, -0.2) is 74.7 Å². The molecule has 194 valence electrons. The average molecular weight is 570 g/mol. The molecule has 0 radical (unpaired) electrons. The maximum atomic E-state index is 13.8. The number of piperidine rings is 2. The summed E-state index contributed by atoms with van der Waals surface area (Å²) in [5.41, 5.74) is 1.36. The van der Waals surface area contributed by atoms with Gasteiger partial charge < -0.3 is 10.2 Å². The Bertz CT molecular complexity index is 1060. The van der Waals surface area contributed by atoms with Crippen LogP contribution in [0.2, 0.25) is 0 Å². The lowest BCUT2D eigenvalue weighted by Gasteiger charge is -2.34. The molecule has 0 saturated carbocycles. The lowest BCUT2D eigenvalue weighted by atomic mass is 9.99. The first-order valence-corrected chi connectivity index (χ1v) is 15.1. The molecule has 1 N–H and O–H groups in total. The van der Waals surface area contributed by atoms with E-state index in [1.807, 2.05) is 6.07 Å². The van der Waals surface area contributed by atoms with Gasteiger partial charge in [-0.2, -0.15) is 4.31 Å². The van der Waals surface area contributed by atoms with Gasteiger partial charge in [-0.15, -0.1) is 0 Å². The van der Waals surface area contributed by atoms with E-state index in [9.17, 15) is 18.0 Å². The van der Waals surface area contributed by atoms with Crippen molar-refractivity contribution in [3.05, 3.63) is 22.2 Å². The van der Waals surface area contributed by atoms with Gasteiger partial charge in [0.05, 0.1) is 11.6 Å². The van der Waals surface area contributed by atoms with Crippen LogP contribution in [-0.2, 0) is 26.0 Å². The molecule has 3 aliphatic heterocycles. The van der Waals surface area contributed by atoms with Crippen LogP contribution in [0.1, 0.15) is 57.9 Å². The number of carbonyl (C=O) groups is 2. The number of nitrogens with zero attached hydrogens (tertiary/aromatic N) is 3. The number of nitrogens with one attached hydrogen (secondary N) is 1. The van der Waals surface area contributed by atoms with E-state index < -0.39 is 10.0 Å². The lowest BCUT2D eigenvalue weighted by molar-refractivity contribution is -0.126. The zero-order chi connectivity index (χ0) is 25.2. The number of fused-ring (bicyclic) bond motifs is 1. The molecule has 0 aromatic heterocycles. The fourth-order valence-electron chi connectivity index (χ4n) is 5.58. The van der Waals surface area contributed by atoms with Gasteiger partial charge in [-0.3, -0.25) is 14.5 Å². The van der Waals surface area contributed by atoms with Gasteiger partial charge in [-0.25, -0.2) is 8.42 Å². The molecule has 4 rings (SSSR count). The van der Waals surface area contributed by atoms with Crippen LogP contribution in [0.4, 0.5) is 5.69 Å². The van der Waals surface area contributed by atoms with Crippen LogP contribution in [0.15, 0.2) is 21.5 Å². The molecule has 8 nitrogen and oxygen atoms in total. The highest BCUT2D eigenvalue weighted by molar-refractivity contribution is 9.10. The fourth-order valence-corrected chi connectivity index (χ4v) is 8.02. The molecule has 0 bridgehead atoms. The van der Waals surface area contributed by atoms with E-state index >= 15 is 0 Å². The molecule has 0 aliphatic carbocycles. The van der Waals surface area contributed by atoms with Crippen LogP contribution in [0.25, 0.3) is 0 Å². The normalized spacial score (nSPS) is 23.8. The summed E-state index contributed by atoms with van der Waals surface area (Å²) in [5.74, 6) is -0.524. The Morgan fingerprint density at radius 1 is 1.11 bits per heavy atom. The molecule has 2 amide bonds. The number of halogens is 1. The monoisotopic (exact) mass is 568 g/mol. The summed E-state index contributed by atoms with van der Waals surface area (Å²) in [4.78, 5) is 29.7. The van der Waals surface area contributed by atoms with Crippen molar-refractivity contribution in [3.8, 4) is 0 Å². The van der Waals surface area contributed by atoms with Gasteiger partial charge in [0.1, 0.15) is 4.90 Å². The molecule has 1 aromatic carbocycles. The smallest absolute Gasteiger partial charge is 0.245 e. The Hall–Kier alpha value is -1.49. The second kappa shape index (κ2) is 11.3. The summed E-state index contributed by atoms with van der Waals surface area (Å²) >= 11 is 3.45. The predicted molar refractivity (Wildman–Crippen MR) is 140 cm³/mol. The first kappa shape index (κ1) is 26.6. The van der Waals surface area contributed by atoms with Gasteiger partial charge in [0.15, 0.2) is 0 Å². The molecule has 2 saturated heterocycles. The van der Waals surface area contributed by atoms with Crippen LogP contribution >= 0.6 is 15.9 Å². The second-order valence-electron chi connectivity index (χ2n) is 9.93. The van der Waals surface area contributed by atoms with Crippen LogP contribution < -0.4 is 10.2 Å². The predicted octanol–water partition coefficient (Wildman–Crippen LogP) is 3.14. The van der Waals surface area contributed by atoms with E-state index in [4.69, 9.17) is 0 Å². The molecular weight excluding hydrogens is 532 g/mol. The molecule has 2 fully saturated rings. The van der Waals surface area contributed by atoms with Crippen LogP contribution in [0.5, 0.6) is 0 Å². The van der Waals surface area contributed by atoms with Gasteiger partial charge >= 0.3 is 0 Å². The third-order valence-corrected chi connectivity index (χ3v) is 9.94. The number of likely N-dealkylation sites (tertiary alicyclic amines) is 1. The molecule has 10 heteroatoms. The topological polar surface area (TPSA) is 90.0 Å². The summed E-state index contributed by atoms with van der Waals surface area (Å²) in [6.45, 7) is 7.53. The van der Waals surface area contributed by atoms with Crippen molar-refractivity contribution < 1.29 is 18.0 Å². The van der Waals surface area contributed by atoms with Crippen molar-refractivity contribution in [1.29, 1.82) is 0 Å². The average Bonchev–Trinajstić information content (AvgIpc) is 3.27. The summed E-state index contributed by atoms with van der Waals surface area (Å²) in [6.07, 6.45) is 5.92. The Kier molecular flexibility index (Phi) is 8.56. The minimum atomic E-state index is -3.87. The first-order valence-electron chi connectivity index (χ1n) is 12.9. The number of sulfonamides is 1. The maximum Gasteiger partial charge on any atom is 0.245 e. The van der Waals surface area contributed by atoms with Gasteiger partial charge in [0.2, 0.25) is 21.8 Å². The van der Waals surface area contributed by atoms with Crippen molar-refractivity contribution in [1.82, 2.24) is 14.5 Å². The van der Waals surface area contributed by atoms with Gasteiger partial charge in [0, 0.05) is 49.7 Å². The number of benzene rings is 1. The van der Waals surface area contributed by atoms with E-state index in [2.05, 4.69) is 33.1 Å². The molecule has 0 spiro atoms. The van der Waals surface area contributed by atoms with Gasteiger partial charge in [-0.1, -0.05) is 29.3 Å². The lowest BCUT2D eigenvalue weighted by Crippen LogP contribution is -2.47. The van der Waals surface area contributed by atoms with Crippen molar-refractivity contribution in [2.75, 3.05) is 44.2 Å². The highest BCUT2D eigenvalue weighted by atomic mass is 79.9. The standard InChI is InChI=1S/C25H37BrN4O4S/c1-3-23(31)30-13-9-19-15-21(26)16-22(24(19)30)35(33,34)29-12-6-8-20(17-29)25(32)27-10-14-28-11-5-4-7-18(28)2/h15-16,18,20H,3-14,17H2,1-2H3,(H,27,32)/t18-,20-/m1/s1. The molecule has 0 unspecified atom stereocenters. The Balaban J connectivity index is 1.46. The van der Waals surface area contributed by atoms with E-state index in [1.54, 1.807) is 17.9 Å². The highest BCUT2D eigenvalue weighted by Crippen LogP contribution is 2.39. The molecule has 3 aliphatic rings. The zero-order valence-electron chi connectivity index (χ0n) is 20.8. The Labute approximate surface area is 217 Å². The number of rotatable bonds is 7. The molecule has 35 heavy (non-hydrogen) atoms. The molecule has 3 heterocycles. The van der Waals surface area contributed by atoms with E-state index in [0.29, 0.717) is 61.5 Å².